The predicted molar refractivity (Wildman–Crippen MR) is 110 cm³/mol. The first-order valence-corrected chi connectivity index (χ1v) is 10.1. The van der Waals surface area contributed by atoms with E-state index in [1.54, 1.807) is 0 Å². The molecule has 2 aromatic carbocycles. The third kappa shape index (κ3) is 5.83. The van der Waals surface area contributed by atoms with Gasteiger partial charge in [0.25, 0.3) is 0 Å². The van der Waals surface area contributed by atoms with Crippen LogP contribution in [0.3, 0.4) is 0 Å². The minimum Gasteiger partial charge on any atom is -0.481 e. The third-order valence-corrected chi connectivity index (χ3v) is 5.20. The van der Waals surface area contributed by atoms with Crippen LogP contribution in [0.4, 0.5) is 11.4 Å². The Kier molecular flexibility index (Phi) is 7.28. The van der Waals surface area contributed by atoms with Crippen LogP contribution in [-0.4, -0.2) is 29.2 Å². The molecule has 0 amide bonds. The topological polar surface area (TPSA) is 43.8 Å². The molecule has 2 aromatic rings. The summed E-state index contributed by atoms with van der Waals surface area (Å²) in [6, 6.07) is 19.3. The maximum absolute atomic E-state index is 10.5. The van der Waals surface area contributed by atoms with Gasteiger partial charge in [0.2, 0.25) is 0 Å². The van der Waals surface area contributed by atoms with Crippen LogP contribution in [0.15, 0.2) is 54.6 Å². The first kappa shape index (κ1) is 19.4. The molecule has 0 spiro atoms. The van der Waals surface area contributed by atoms with Crippen LogP contribution in [0.25, 0.3) is 0 Å². The molecule has 0 fully saturated rings. The van der Waals surface area contributed by atoms with E-state index in [4.69, 9.17) is 5.11 Å². The van der Waals surface area contributed by atoms with E-state index in [-0.39, 0.29) is 0 Å². The van der Waals surface area contributed by atoms with E-state index in [0.717, 1.165) is 39.0 Å². The van der Waals surface area contributed by atoms with Crippen molar-refractivity contribution >= 4 is 17.3 Å². The summed E-state index contributed by atoms with van der Waals surface area (Å²) < 4.78 is 0. The average molecular weight is 367 g/mol. The molecule has 1 aliphatic heterocycles. The highest BCUT2D eigenvalue weighted by molar-refractivity contribution is 5.67. The quantitative estimate of drug-likeness (QED) is 0.571. The van der Waals surface area contributed by atoms with Gasteiger partial charge in [0.05, 0.1) is 6.67 Å². The van der Waals surface area contributed by atoms with Gasteiger partial charge in [-0.1, -0.05) is 62.1 Å². The van der Waals surface area contributed by atoms with Gasteiger partial charge in [-0.2, -0.15) is 0 Å². The van der Waals surface area contributed by atoms with Gasteiger partial charge in [-0.3, -0.25) is 9.69 Å². The lowest BCUT2D eigenvalue weighted by atomic mass is 10.1. The van der Waals surface area contributed by atoms with Crippen LogP contribution in [0.2, 0.25) is 0 Å². The molecule has 0 atom stereocenters. The van der Waals surface area contributed by atoms with Gasteiger partial charge in [0, 0.05) is 30.9 Å². The Hall–Kier alpha value is -2.33. The SMILES string of the molecule is O=C(O)CCCCCCCCN1Cc2ccccc2N(c2ccccc2)C1. The number of aliphatic carboxylic acids is 1. The largest absolute Gasteiger partial charge is 0.481 e. The molecule has 1 heterocycles. The Morgan fingerprint density at radius 3 is 2.30 bits per heavy atom. The molecule has 0 radical (unpaired) electrons. The van der Waals surface area contributed by atoms with E-state index < -0.39 is 5.97 Å². The van der Waals surface area contributed by atoms with E-state index in [2.05, 4.69) is 64.4 Å². The number of hydrogen-bond donors (Lipinski definition) is 1. The van der Waals surface area contributed by atoms with Crippen molar-refractivity contribution in [2.75, 3.05) is 18.1 Å². The number of carboxylic acids is 1. The minimum atomic E-state index is -0.677. The van der Waals surface area contributed by atoms with Gasteiger partial charge in [0.1, 0.15) is 0 Å². The summed E-state index contributed by atoms with van der Waals surface area (Å²) >= 11 is 0. The second kappa shape index (κ2) is 10.1. The van der Waals surface area contributed by atoms with E-state index in [9.17, 15) is 4.79 Å². The van der Waals surface area contributed by atoms with Gasteiger partial charge >= 0.3 is 5.97 Å². The molecule has 3 rings (SSSR count). The Balaban J connectivity index is 1.47. The molecule has 4 heteroatoms. The highest BCUT2D eigenvalue weighted by Gasteiger charge is 2.22. The summed E-state index contributed by atoms with van der Waals surface area (Å²) in [5.74, 6) is -0.677. The van der Waals surface area contributed by atoms with Crippen LogP contribution in [0.1, 0.15) is 50.5 Å². The zero-order valence-corrected chi connectivity index (χ0v) is 16.0. The standard InChI is InChI=1S/C23H30N2O2/c26-23(27)16-8-3-1-2-4-11-17-24-18-20-12-9-10-15-22(20)25(19-24)21-13-6-5-7-14-21/h5-7,9-10,12-15H,1-4,8,11,16-19H2,(H,26,27). The fourth-order valence-corrected chi connectivity index (χ4v) is 3.77. The Morgan fingerprint density at radius 2 is 1.52 bits per heavy atom. The van der Waals surface area contributed by atoms with Crippen LogP contribution in [-0.2, 0) is 11.3 Å². The molecule has 27 heavy (non-hydrogen) atoms. The normalized spacial score (nSPS) is 14.1. The lowest BCUT2D eigenvalue weighted by molar-refractivity contribution is -0.137. The van der Waals surface area contributed by atoms with Crippen molar-refractivity contribution < 1.29 is 9.90 Å². The zero-order chi connectivity index (χ0) is 18.9. The average Bonchev–Trinajstić information content (AvgIpc) is 2.70. The van der Waals surface area contributed by atoms with E-state index in [1.807, 2.05) is 0 Å². The number of fused-ring (bicyclic) bond motifs is 1. The second-order valence-electron chi connectivity index (χ2n) is 7.35. The van der Waals surface area contributed by atoms with Crippen LogP contribution in [0, 0.1) is 0 Å². The summed E-state index contributed by atoms with van der Waals surface area (Å²) in [5, 5.41) is 8.66. The van der Waals surface area contributed by atoms with E-state index >= 15 is 0 Å². The Morgan fingerprint density at radius 1 is 0.852 bits per heavy atom. The first-order valence-electron chi connectivity index (χ1n) is 10.1. The summed E-state index contributed by atoms with van der Waals surface area (Å²) in [6.45, 7) is 3.05. The van der Waals surface area contributed by atoms with Gasteiger partial charge in [-0.25, -0.2) is 0 Å². The van der Waals surface area contributed by atoms with Crippen molar-refractivity contribution in [2.45, 2.75) is 51.5 Å². The van der Waals surface area contributed by atoms with Crippen molar-refractivity contribution in [1.82, 2.24) is 4.90 Å². The monoisotopic (exact) mass is 366 g/mol. The molecule has 1 aliphatic rings. The molecule has 144 valence electrons. The molecular weight excluding hydrogens is 336 g/mol. The molecule has 0 aliphatic carbocycles. The number of unbranched alkanes of at least 4 members (excludes halogenated alkanes) is 5. The van der Waals surface area contributed by atoms with Crippen LogP contribution >= 0.6 is 0 Å². The number of rotatable bonds is 10. The Labute approximate surface area is 162 Å². The number of nitrogens with zero attached hydrogens (tertiary/aromatic N) is 2. The maximum atomic E-state index is 10.5. The summed E-state index contributed by atoms with van der Waals surface area (Å²) in [7, 11) is 0. The number of benzene rings is 2. The van der Waals surface area contributed by atoms with Crippen LogP contribution in [0.5, 0.6) is 0 Å². The highest BCUT2D eigenvalue weighted by Crippen LogP contribution is 2.33. The summed E-state index contributed by atoms with van der Waals surface area (Å²) in [6.07, 6.45) is 6.91. The van der Waals surface area contributed by atoms with Crippen molar-refractivity contribution in [1.29, 1.82) is 0 Å². The van der Waals surface area contributed by atoms with Crippen molar-refractivity contribution in [3.8, 4) is 0 Å². The number of para-hydroxylation sites is 2. The summed E-state index contributed by atoms with van der Waals surface area (Å²) in [5.41, 5.74) is 3.95. The fourth-order valence-electron chi connectivity index (χ4n) is 3.77. The minimum absolute atomic E-state index is 0.308. The van der Waals surface area contributed by atoms with Gasteiger partial charge in [0.15, 0.2) is 0 Å². The van der Waals surface area contributed by atoms with Gasteiger partial charge in [-0.15, -0.1) is 0 Å². The first-order chi connectivity index (χ1) is 13.2. The smallest absolute Gasteiger partial charge is 0.303 e. The van der Waals surface area contributed by atoms with E-state index in [0.29, 0.717) is 6.42 Å². The molecule has 4 nitrogen and oxygen atoms in total. The van der Waals surface area contributed by atoms with Crippen molar-refractivity contribution in [3.63, 3.8) is 0 Å². The van der Waals surface area contributed by atoms with Crippen molar-refractivity contribution in [2.24, 2.45) is 0 Å². The van der Waals surface area contributed by atoms with Gasteiger partial charge in [-0.05, 0) is 36.6 Å². The maximum Gasteiger partial charge on any atom is 0.303 e. The molecule has 0 unspecified atom stereocenters. The zero-order valence-electron chi connectivity index (χ0n) is 16.0. The lowest BCUT2D eigenvalue weighted by Gasteiger charge is -2.38. The number of carboxylic acid groups (broad SMARTS) is 1. The predicted octanol–water partition coefficient (Wildman–Crippen LogP) is 5.41. The third-order valence-electron chi connectivity index (χ3n) is 5.20. The fraction of sp³-hybridized carbons (Fsp3) is 0.435. The Bertz CT molecular complexity index is 717. The molecular formula is C23H30N2O2. The van der Waals surface area contributed by atoms with Crippen LogP contribution < -0.4 is 4.90 Å². The second-order valence-corrected chi connectivity index (χ2v) is 7.35. The molecule has 0 saturated carbocycles. The molecule has 1 N–H and O–H groups in total. The number of anilines is 2. The number of carbonyl (C=O) groups is 1. The highest BCUT2D eigenvalue weighted by atomic mass is 16.4. The lowest BCUT2D eigenvalue weighted by Crippen LogP contribution is -2.40. The number of hydrogen-bond acceptors (Lipinski definition) is 3. The molecule has 0 saturated heterocycles. The summed E-state index contributed by atoms with van der Waals surface area (Å²) in [4.78, 5) is 15.5. The van der Waals surface area contributed by atoms with E-state index in [1.165, 1.54) is 36.2 Å². The molecule has 0 aromatic heterocycles. The molecule has 0 bridgehead atoms. The van der Waals surface area contributed by atoms with Gasteiger partial charge < -0.3 is 10.0 Å². The van der Waals surface area contributed by atoms with Crippen molar-refractivity contribution in [3.05, 3.63) is 60.2 Å².